The number of amides is 2. The largest absolute Gasteiger partial charge is 0.352 e. The molecule has 148 valence electrons. The monoisotopic (exact) mass is 395 g/mol. The van der Waals surface area contributed by atoms with Gasteiger partial charge in [0.15, 0.2) is 0 Å². The van der Waals surface area contributed by atoms with Gasteiger partial charge < -0.3 is 10.6 Å². The second-order valence-electron chi connectivity index (χ2n) is 6.33. The molecule has 3 rings (SSSR count). The summed E-state index contributed by atoms with van der Waals surface area (Å²) >= 11 is 0. The van der Waals surface area contributed by atoms with E-state index in [1.165, 1.54) is 30.0 Å². The van der Waals surface area contributed by atoms with Crippen LogP contribution in [0.4, 0.5) is 14.5 Å². The molecule has 0 fully saturated rings. The van der Waals surface area contributed by atoms with Crippen LogP contribution in [-0.4, -0.2) is 23.3 Å². The fraction of sp³-hybridized carbons (Fsp3) is 0.136. The summed E-state index contributed by atoms with van der Waals surface area (Å²) in [4.78, 5) is 28.5. The van der Waals surface area contributed by atoms with Crippen molar-refractivity contribution in [2.75, 3.05) is 11.9 Å². The van der Waals surface area contributed by atoms with E-state index >= 15 is 0 Å². The average molecular weight is 395 g/mol. The van der Waals surface area contributed by atoms with Crippen molar-refractivity contribution in [1.82, 2.24) is 10.3 Å². The Balaban J connectivity index is 1.58. The summed E-state index contributed by atoms with van der Waals surface area (Å²) in [5.74, 6) is -2.96. The first kappa shape index (κ1) is 20.1. The Hall–Kier alpha value is -3.61. The quantitative estimate of drug-likeness (QED) is 0.595. The van der Waals surface area contributed by atoms with E-state index in [2.05, 4.69) is 15.6 Å². The van der Waals surface area contributed by atoms with Gasteiger partial charge >= 0.3 is 0 Å². The van der Waals surface area contributed by atoms with Crippen LogP contribution in [0.2, 0.25) is 0 Å². The Kier molecular flexibility index (Phi) is 6.63. The molecule has 5 nitrogen and oxygen atoms in total. The van der Waals surface area contributed by atoms with E-state index in [0.29, 0.717) is 6.54 Å². The molecule has 1 heterocycles. The highest BCUT2D eigenvalue weighted by Crippen LogP contribution is 2.18. The Morgan fingerprint density at radius 1 is 0.897 bits per heavy atom. The number of rotatable bonds is 7. The number of aryl methyl sites for hydroxylation is 1. The third kappa shape index (κ3) is 5.44. The van der Waals surface area contributed by atoms with Crippen molar-refractivity contribution in [3.63, 3.8) is 0 Å². The van der Waals surface area contributed by atoms with Crippen LogP contribution >= 0.6 is 0 Å². The number of carbonyl (C=O) groups is 2. The fourth-order valence-electron chi connectivity index (χ4n) is 2.73. The molecule has 2 N–H and O–H groups in total. The third-order valence-corrected chi connectivity index (χ3v) is 4.23. The normalized spacial score (nSPS) is 10.4. The summed E-state index contributed by atoms with van der Waals surface area (Å²) in [6.45, 7) is 0.470. The molecule has 0 saturated heterocycles. The highest BCUT2D eigenvalue weighted by Gasteiger charge is 2.16. The van der Waals surface area contributed by atoms with E-state index < -0.39 is 23.2 Å². The third-order valence-electron chi connectivity index (χ3n) is 4.23. The maximum Gasteiger partial charge on any atom is 0.274 e. The number of nitrogens with zero attached hydrogens (tertiary/aromatic N) is 1. The molecule has 7 heteroatoms. The molecule has 0 saturated carbocycles. The van der Waals surface area contributed by atoms with E-state index in [4.69, 9.17) is 0 Å². The lowest BCUT2D eigenvalue weighted by Gasteiger charge is -2.09. The zero-order valence-corrected chi connectivity index (χ0v) is 15.5. The van der Waals surface area contributed by atoms with E-state index in [9.17, 15) is 18.4 Å². The number of pyridine rings is 1. The molecular formula is C22H19F2N3O2. The van der Waals surface area contributed by atoms with Gasteiger partial charge in [-0.25, -0.2) is 8.78 Å². The molecule has 29 heavy (non-hydrogen) atoms. The second kappa shape index (κ2) is 9.54. The predicted molar refractivity (Wildman–Crippen MR) is 106 cm³/mol. The molecule has 0 unspecified atom stereocenters. The minimum Gasteiger partial charge on any atom is -0.352 e. The summed E-state index contributed by atoms with van der Waals surface area (Å²) in [5, 5.41) is 4.93. The van der Waals surface area contributed by atoms with Gasteiger partial charge in [0.1, 0.15) is 23.0 Å². The smallest absolute Gasteiger partial charge is 0.274 e. The molecule has 2 aromatic carbocycles. The highest BCUT2D eigenvalue weighted by atomic mass is 19.1. The first-order valence-electron chi connectivity index (χ1n) is 9.08. The van der Waals surface area contributed by atoms with Crippen LogP contribution in [0, 0.1) is 11.6 Å². The van der Waals surface area contributed by atoms with Crippen molar-refractivity contribution in [3.8, 4) is 0 Å². The summed E-state index contributed by atoms with van der Waals surface area (Å²) in [5.41, 5.74) is 0.739. The van der Waals surface area contributed by atoms with Crippen LogP contribution in [-0.2, 0) is 6.42 Å². The van der Waals surface area contributed by atoms with Gasteiger partial charge in [-0.1, -0.05) is 36.4 Å². The summed E-state index contributed by atoms with van der Waals surface area (Å²) in [7, 11) is 0. The molecule has 0 bridgehead atoms. The number of benzene rings is 2. The number of carbonyl (C=O) groups excluding carboxylic acids is 2. The van der Waals surface area contributed by atoms with Crippen molar-refractivity contribution in [1.29, 1.82) is 0 Å². The molecule has 0 aliphatic heterocycles. The lowest BCUT2D eigenvalue weighted by Crippen LogP contribution is -2.25. The van der Waals surface area contributed by atoms with E-state index in [1.54, 1.807) is 0 Å². The number of hydrogen-bond acceptors (Lipinski definition) is 3. The SMILES string of the molecule is O=C(NCCCc1ccccc1)c1ccnc(C(=O)Nc2c(F)cccc2F)c1. The van der Waals surface area contributed by atoms with Gasteiger partial charge in [-0.2, -0.15) is 0 Å². The number of aromatic nitrogens is 1. The van der Waals surface area contributed by atoms with Crippen LogP contribution in [0.3, 0.4) is 0 Å². The van der Waals surface area contributed by atoms with Gasteiger partial charge in [0.2, 0.25) is 0 Å². The second-order valence-corrected chi connectivity index (χ2v) is 6.33. The predicted octanol–water partition coefficient (Wildman–Crippen LogP) is 3.97. The molecule has 0 radical (unpaired) electrons. The number of hydrogen-bond donors (Lipinski definition) is 2. The molecule has 0 atom stereocenters. The standard InChI is InChI=1S/C22H19F2N3O2/c23-17-9-4-10-18(24)20(17)27-22(29)19-14-16(11-13-25-19)21(28)26-12-5-8-15-6-2-1-3-7-15/h1-4,6-7,9-11,13-14H,5,8,12H2,(H,26,28)(H,27,29). The van der Waals surface area contributed by atoms with Gasteiger partial charge in [0.05, 0.1) is 0 Å². The van der Waals surface area contributed by atoms with Gasteiger partial charge in [-0.05, 0) is 42.7 Å². The summed E-state index contributed by atoms with van der Waals surface area (Å²) < 4.78 is 27.4. The van der Waals surface area contributed by atoms with Gasteiger partial charge in [-0.15, -0.1) is 0 Å². The zero-order valence-electron chi connectivity index (χ0n) is 15.5. The topological polar surface area (TPSA) is 71.1 Å². The zero-order chi connectivity index (χ0) is 20.6. The summed E-state index contributed by atoms with van der Waals surface area (Å²) in [6, 6.07) is 15.9. The Bertz CT molecular complexity index is 990. The molecular weight excluding hydrogens is 376 g/mol. The lowest BCUT2D eigenvalue weighted by molar-refractivity contribution is 0.0953. The number of nitrogens with one attached hydrogen (secondary N) is 2. The first-order chi connectivity index (χ1) is 14.0. The van der Waals surface area contributed by atoms with Crippen molar-refractivity contribution in [3.05, 3.63) is 95.3 Å². The molecule has 1 aromatic heterocycles. The lowest BCUT2D eigenvalue weighted by atomic mass is 10.1. The molecule has 3 aromatic rings. The van der Waals surface area contributed by atoms with Crippen molar-refractivity contribution in [2.45, 2.75) is 12.8 Å². The van der Waals surface area contributed by atoms with Crippen molar-refractivity contribution < 1.29 is 18.4 Å². The van der Waals surface area contributed by atoms with Crippen molar-refractivity contribution >= 4 is 17.5 Å². The van der Waals surface area contributed by atoms with Crippen molar-refractivity contribution in [2.24, 2.45) is 0 Å². The van der Waals surface area contributed by atoms with Crippen LogP contribution < -0.4 is 10.6 Å². The summed E-state index contributed by atoms with van der Waals surface area (Å²) in [6.07, 6.45) is 2.89. The average Bonchev–Trinajstić information content (AvgIpc) is 2.74. The first-order valence-corrected chi connectivity index (χ1v) is 9.08. The Morgan fingerprint density at radius 3 is 2.34 bits per heavy atom. The molecule has 0 aliphatic carbocycles. The molecule has 0 spiro atoms. The number of halogens is 2. The minimum absolute atomic E-state index is 0.121. The maximum absolute atomic E-state index is 13.7. The van der Waals surface area contributed by atoms with Crippen LogP contribution in [0.25, 0.3) is 0 Å². The van der Waals surface area contributed by atoms with Gasteiger partial charge in [0, 0.05) is 18.3 Å². The van der Waals surface area contributed by atoms with Gasteiger partial charge in [0.25, 0.3) is 11.8 Å². The number of para-hydroxylation sites is 1. The Labute approximate surface area is 166 Å². The van der Waals surface area contributed by atoms with Gasteiger partial charge in [-0.3, -0.25) is 14.6 Å². The maximum atomic E-state index is 13.7. The van der Waals surface area contributed by atoms with E-state index in [-0.39, 0.29) is 17.2 Å². The number of anilines is 1. The van der Waals surface area contributed by atoms with Crippen LogP contribution in [0.15, 0.2) is 66.9 Å². The molecule has 0 aliphatic rings. The van der Waals surface area contributed by atoms with Crippen LogP contribution in [0.1, 0.15) is 32.8 Å². The molecule has 2 amide bonds. The fourth-order valence-corrected chi connectivity index (χ4v) is 2.73. The van der Waals surface area contributed by atoms with Crippen LogP contribution in [0.5, 0.6) is 0 Å². The van der Waals surface area contributed by atoms with E-state index in [1.807, 2.05) is 30.3 Å². The Morgan fingerprint density at radius 2 is 1.62 bits per heavy atom. The van der Waals surface area contributed by atoms with E-state index in [0.717, 1.165) is 25.0 Å². The minimum atomic E-state index is -0.898. The highest BCUT2D eigenvalue weighted by molar-refractivity contribution is 6.04.